The van der Waals surface area contributed by atoms with Crippen molar-refractivity contribution in [3.8, 4) is 11.3 Å². The Balaban J connectivity index is 1.91. The molecule has 1 saturated heterocycles. The van der Waals surface area contributed by atoms with Crippen molar-refractivity contribution in [2.45, 2.75) is 32.7 Å². The lowest BCUT2D eigenvalue weighted by atomic mass is 10.1. The molecule has 4 rings (SSSR count). The monoisotopic (exact) mass is 400 g/mol. The molecule has 3 aromatic heterocycles. The van der Waals surface area contributed by atoms with Crippen molar-refractivity contribution in [1.29, 1.82) is 0 Å². The van der Waals surface area contributed by atoms with Crippen LogP contribution in [0.25, 0.3) is 22.2 Å². The van der Waals surface area contributed by atoms with E-state index in [0.29, 0.717) is 22.8 Å². The van der Waals surface area contributed by atoms with Gasteiger partial charge < -0.3 is 14.8 Å². The number of rotatable bonds is 4. The molecule has 0 saturated carbocycles. The third-order valence-corrected chi connectivity index (χ3v) is 4.98. The molecule has 1 aliphatic rings. The van der Waals surface area contributed by atoms with Crippen molar-refractivity contribution in [1.82, 2.24) is 24.4 Å². The average molecular weight is 400 g/mol. The first-order valence-corrected chi connectivity index (χ1v) is 9.33. The molecule has 0 spiro atoms. The zero-order valence-corrected chi connectivity index (χ0v) is 16.7. The highest BCUT2D eigenvalue weighted by Crippen LogP contribution is 2.36. The molecular formula is C20H22F2N6O. The summed E-state index contributed by atoms with van der Waals surface area (Å²) in [4.78, 5) is 26.0. The summed E-state index contributed by atoms with van der Waals surface area (Å²) in [5, 5.41) is 3.47. The van der Waals surface area contributed by atoms with Crippen LogP contribution in [0.1, 0.15) is 31.4 Å². The second-order valence-electron chi connectivity index (χ2n) is 7.70. The highest BCUT2D eigenvalue weighted by Gasteiger charge is 2.30. The number of likely N-dealkylation sites (N-methyl/N-ethyl adjacent to an activating group) is 1. The summed E-state index contributed by atoms with van der Waals surface area (Å²) in [6.07, 6.45) is 3.63. The first kappa shape index (κ1) is 19.4. The van der Waals surface area contributed by atoms with Gasteiger partial charge in [0.15, 0.2) is 5.82 Å². The van der Waals surface area contributed by atoms with Gasteiger partial charge in [-0.05, 0) is 26.1 Å². The van der Waals surface area contributed by atoms with E-state index < -0.39 is 11.7 Å². The number of alkyl halides is 2. The number of nitrogens with zero attached hydrogens (tertiary/aromatic N) is 5. The van der Waals surface area contributed by atoms with Crippen molar-refractivity contribution >= 4 is 22.6 Å². The normalized spacial score (nSPS) is 15.5. The molecule has 29 heavy (non-hydrogen) atoms. The summed E-state index contributed by atoms with van der Waals surface area (Å²) in [5.41, 5.74) is 2.46. The summed E-state index contributed by atoms with van der Waals surface area (Å²) in [7, 11) is 2.04. The summed E-state index contributed by atoms with van der Waals surface area (Å²) in [5.74, 6) is -3.47. The van der Waals surface area contributed by atoms with Crippen LogP contribution < -0.4 is 5.32 Å². The molecule has 0 bridgehead atoms. The van der Waals surface area contributed by atoms with Gasteiger partial charge in [-0.1, -0.05) is 0 Å². The minimum atomic E-state index is -3.14. The van der Waals surface area contributed by atoms with E-state index >= 15 is 0 Å². The Morgan fingerprint density at radius 1 is 1.28 bits per heavy atom. The third kappa shape index (κ3) is 3.69. The van der Waals surface area contributed by atoms with Crippen LogP contribution in [0, 0.1) is 6.92 Å². The Kier molecular flexibility index (Phi) is 4.57. The minimum Gasteiger partial charge on any atom is -0.340 e. The van der Waals surface area contributed by atoms with Gasteiger partial charge in [0.05, 0.1) is 23.4 Å². The summed E-state index contributed by atoms with van der Waals surface area (Å²) in [6, 6.07) is 3.71. The van der Waals surface area contributed by atoms with E-state index in [9.17, 15) is 13.6 Å². The van der Waals surface area contributed by atoms with Gasteiger partial charge in [-0.2, -0.15) is 8.78 Å². The van der Waals surface area contributed by atoms with Gasteiger partial charge in [-0.15, -0.1) is 0 Å². The smallest absolute Gasteiger partial charge is 0.303 e. The van der Waals surface area contributed by atoms with Gasteiger partial charge in [-0.3, -0.25) is 4.79 Å². The number of hydrogen-bond acceptors (Lipinski definition) is 5. The lowest BCUT2D eigenvalue weighted by molar-refractivity contribution is -0.114. The van der Waals surface area contributed by atoms with Crippen molar-refractivity contribution in [2.24, 2.45) is 0 Å². The van der Waals surface area contributed by atoms with E-state index in [1.165, 1.54) is 6.92 Å². The molecular weight excluding hydrogens is 378 g/mol. The number of nitrogens with one attached hydrogen (secondary N) is 1. The molecule has 1 fully saturated rings. The molecule has 152 valence electrons. The predicted octanol–water partition coefficient (Wildman–Crippen LogP) is 3.36. The first-order chi connectivity index (χ1) is 13.6. The number of hydrogen-bond donors (Lipinski definition) is 1. The van der Waals surface area contributed by atoms with E-state index in [-0.39, 0.29) is 11.9 Å². The molecule has 1 aliphatic heterocycles. The van der Waals surface area contributed by atoms with Crippen LogP contribution in [0.2, 0.25) is 0 Å². The van der Waals surface area contributed by atoms with Gasteiger partial charge in [0.25, 0.3) is 0 Å². The Hall–Kier alpha value is -2.94. The number of amides is 1. The Morgan fingerprint density at radius 3 is 2.62 bits per heavy atom. The van der Waals surface area contributed by atoms with Crippen LogP contribution in [0.15, 0.2) is 24.5 Å². The first-order valence-electron chi connectivity index (χ1n) is 9.33. The number of aromatic nitrogens is 4. The zero-order chi connectivity index (χ0) is 20.9. The van der Waals surface area contributed by atoms with Crippen molar-refractivity contribution in [2.75, 3.05) is 25.5 Å². The van der Waals surface area contributed by atoms with Gasteiger partial charge >= 0.3 is 5.92 Å². The fraction of sp³-hybridized carbons (Fsp3) is 0.400. The van der Waals surface area contributed by atoms with Crippen LogP contribution in [0.5, 0.6) is 0 Å². The number of likely N-dealkylation sites (tertiary alicyclic amines) is 1. The molecule has 3 aromatic rings. The molecule has 0 unspecified atom stereocenters. The second-order valence-corrected chi connectivity index (χ2v) is 7.70. The van der Waals surface area contributed by atoms with Gasteiger partial charge in [0, 0.05) is 49.8 Å². The Labute approximate surface area is 166 Å². The van der Waals surface area contributed by atoms with Crippen LogP contribution in [-0.4, -0.2) is 50.5 Å². The average Bonchev–Trinajstić information content (AvgIpc) is 2.95. The fourth-order valence-corrected chi connectivity index (χ4v) is 3.65. The molecule has 7 nitrogen and oxygen atoms in total. The van der Waals surface area contributed by atoms with E-state index in [1.54, 1.807) is 25.3 Å². The largest absolute Gasteiger partial charge is 0.340 e. The molecule has 0 aliphatic carbocycles. The van der Waals surface area contributed by atoms with Crippen molar-refractivity contribution < 1.29 is 13.6 Å². The standard InChI is InChI=1S/C20H22F2N6O/c1-11-5-16(26-19(24-11)20(3,21)22)15-10-28(13-8-27(4)9-13)17-7-23-18(6-14(15)17)25-12(2)29/h5-7,10,13H,8-9H2,1-4H3,(H,23,25,29). The van der Waals surface area contributed by atoms with Crippen LogP contribution in [-0.2, 0) is 10.7 Å². The fourth-order valence-electron chi connectivity index (χ4n) is 3.65. The molecule has 0 aromatic carbocycles. The van der Waals surface area contributed by atoms with Crippen LogP contribution >= 0.6 is 0 Å². The van der Waals surface area contributed by atoms with Gasteiger partial charge in [0.2, 0.25) is 5.91 Å². The Morgan fingerprint density at radius 2 is 2.00 bits per heavy atom. The highest BCUT2D eigenvalue weighted by atomic mass is 19.3. The maximum absolute atomic E-state index is 13.9. The lowest BCUT2D eigenvalue weighted by Crippen LogP contribution is -2.44. The van der Waals surface area contributed by atoms with Gasteiger partial charge in [0.1, 0.15) is 5.82 Å². The van der Waals surface area contributed by atoms with Crippen molar-refractivity contribution in [3.63, 3.8) is 0 Å². The third-order valence-electron chi connectivity index (χ3n) is 4.98. The summed E-state index contributed by atoms with van der Waals surface area (Å²) >= 11 is 0. The SMILES string of the molecule is CC(=O)Nc1cc2c(-c3cc(C)nc(C(C)(F)F)n3)cn(C3CN(C)C3)c2cn1. The maximum Gasteiger partial charge on any atom is 0.303 e. The number of carbonyl (C=O) groups is 1. The zero-order valence-electron chi connectivity index (χ0n) is 16.7. The van der Waals surface area contributed by atoms with E-state index in [0.717, 1.165) is 30.9 Å². The number of aryl methyl sites for hydroxylation is 1. The number of carbonyl (C=O) groups excluding carboxylic acids is 1. The quantitative estimate of drug-likeness (QED) is 0.727. The molecule has 9 heteroatoms. The Bertz CT molecular complexity index is 1100. The molecule has 0 radical (unpaired) electrons. The highest BCUT2D eigenvalue weighted by molar-refractivity contribution is 5.98. The molecule has 4 heterocycles. The summed E-state index contributed by atoms with van der Waals surface area (Å²) < 4.78 is 29.9. The van der Waals surface area contributed by atoms with E-state index in [1.807, 2.05) is 13.2 Å². The van der Waals surface area contributed by atoms with Crippen molar-refractivity contribution in [3.05, 3.63) is 36.0 Å². The van der Waals surface area contributed by atoms with Gasteiger partial charge in [-0.25, -0.2) is 15.0 Å². The van der Waals surface area contributed by atoms with E-state index in [2.05, 4.69) is 29.7 Å². The summed E-state index contributed by atoms with van der Waals surface area (Å²) in [6.45, 7) is 5.64. The van der Waals surface area contributed by atoms with Crippen LogP contribution in [0.3, 0.4) is 0 Å². The molecule has 1 amide bonds. The number of halogens is 2. The minimum absolute atomic E-state index is 0.232. The number of pyridine rings is 1. The second kappa shape index (κ2) is 6.84. The maximum atomic E-state index is 13.9. The predicted molar refractivity (Wildman–Crippen MR) is 106 cm³/mol. The molecule has 1 N–H and O–H groups in total. The topological polar surface area (TPSA) is 75.9 Å². The number of fused-ring (bicyclic) bond motifs is 1. The lowest BCUT2D eigenvalue weighted by Gasteiger charge is -2.37. The molecule has 0 atom stereocenters. The van der Waals surface area contributed by atoms with Crippen LogP contribution in [0.4, 0.5) is 14.6 Å². The van der Waals surface area contributed by atoms with E-state index in [4.69, 9.17) is 0 Å². The number of anilines is 1.